The van der Waals surface area contributed by atoms with Crippen LogP contribution in [0.3, 0.4) is 0 Å². The summed E-state index contributed by atoms with van der Waals surface area (Å²) in [5.74, 6) is 0. The van der Waals surface area contributed by atoms with Gasteiger partial charge in [0.1, 0.15) is 0 Å². The molecule has 10 rings (SSSR count). The fourth-order valence-corrected chi connectivity index (χ4v) is 8.28. The smallest absolute Gasteiger partial charge is 0.0541 e. The molecule has 1 aromatic heterocycles. The topological polar surface area (TPSA) is 4.93 Å². The highest BCUT2D eigenvalue weighted by Crippen LogP contribution is 2.46. The van der Waals surface area contributed by atoms with E-state index in [1.807, 2.05) is 0 Å². The Morgan fingerprint density at radius 2 is 0.980 bits per heavy atom. The summed E-state index contributed by atoms with van der Waals surface area (Å²) in [6.45, 7) is 6.92. The first-order valence-corrected chi connectivity index (χ1v) is 17.3. The largest absolute Gasteiger partial charge is 0.309 e. The molecule has 0 spiro atoms. The fourth-order valence-electron chi connectivity index (χ4n) is 8.28. The number of nitrogens with zero attached hydrogens (tertiary/aromatic N) is 1. The summed E-state index contributed by atoms with van der Waals surface area (Å²) < 4.78 is 2.42. The van der Waals surface area contributed by atoms with E-state index in [-0.39, 0.29) is 5.41 Å². The summed E-state index contributed by atoms with van der Waals surface area (Å²) in [5.41, 5.74) is 10.1. The summed E-state index contributed by atoms with van der Waals surface area (Å²) in [6.07, 6.45) is 0. The van der Waals surface area contributed by atoms with Crippen LogP contribution in [0.4, 0.5) is 0 Å². The molecule has 1 heterocycles. The summed E-state index contributed by atoms with van der Waals surface area (Å²) in [5, 5.41) is 13.0. The van der Waals surface area contributed by atoms with Crippen molar-refractivity contribution in [2.24, 2.45) is 0 Å². The molecular formula is C48H35N. The molecule has 0 aliphatic heterocycles. The monoisotopic (exact) mass is 625 g/mol. The minimum absolute atomic E-state index is 0.0664. The quantitative estimate of drug-likeness (QED) is 0.172. The zero-order chi connectivity index (χ0) is 32.9. The third-order valence-corrected chi connectivity index (χ3v) is 10.7. The van der Waals surface area contributed by atoms with E-state index in [1.54, 1.807) is 0 Å². The van der Waals surface area contributed by atoms with Crippen molar-refractivity contribution in [1.29, 1.82) is 0 Å². The molecule has 49 heavy (non-hydrogen) atoms. The molecule has 0 atom stereocenters. The van der Waals surface area contributed by atoms with Gasteiger partial charge in [-0.1, -0.05) is 148 Å². The van der Waals surface area contributed by atoms with Gasteiger partial charge in [-0.25, -0.2) is 0 Å². The van der Waals surface area contributed by atoms with E-state index in [2.05, 4.69) is 183 Å². The number of hydrogen-bond donors (Lipinski definition) is 0. The van der Waals surface area contributed by atoms with Crippen molar-refractivity contribution in [2.45, 2.75) is 26.2 Å². The molecule has 232 valence electrons. The Morgan fingerprint density at radius 3 is 1.67 bits per heavy atom. The van der Waals surface area contributed by atoms with Crippen LogP contribution < -0.4 is 0 Å². The lowest BCUT2D eigenvalue weighted by Gasteiger charge is -2.23. The molecule has 0 amide bonds. The lowest BCUT2D eigenvalue weighted by atomic mass is 9.81. The van der Waals surface area contributed by atoms with Crippen molar-refractivity contribution in [2.75, 3.05) is 0 Å². The van der Waals surface area contributed by atoms with Crippen molar-refractivity contribution >= 4 is 64.9 Å². The normalized spacial score (nSPS) is 12.4. The Kier molecular flexibility index (Phi) is 5.91. The first-order valence-electron chi connectivity index (χ1n) is 17.3. The van der Waals surface area contributed by atoms with Crippen LogP contribution in [-0.2, 0) is 5.41 Å². The van der Waals surface area contributed by atoms with E-state index in [1.165, 1.54) is 98.4 Å². The lowest BCUT2D eigenvalue weighted by Crippen LogP contribution is -2.10. The van der Waals surface area contributed by atoms with Crippen molar-refractivity contribution in [3.63, 3.8) is 0 Å². The van der Waals surface area contributed by atoms with Gasteiger partial charge in [0, 0.05) is 16.5 Å². The van der Waals surface area contributed by atoms with Crippen LogP contribution in [0, 0.1) is 0 Å². The predicted octanol–water partition coefficient (Wildman–Crippen LogP) is 13.5. The average molecular weight is 626 g/mol. The Morgan fingerprint density at radius 1 is 0.388 bits per heavy atom. The van der Waals surface area contributed by atoms with Crippen molar-refractivity contribution < 1.29 is 0 Å². The second-order valence-corrected chi connectivity index (χ2v) is 14.6. The summed E-state index contributed by atoms with van der Waals surface area (Å²) in [7, 11) is 0. The van der Waals surface area contributed by atoms with Gasteiger partial charge in [0.15, 0.2) is 0 Å². The average Bonchev–Trinajstić information content (AvgIpc) is 3.47. The fraction of sp³-hybridized carbons (Fsp3) is 0.0833. The highest BCUT2D eigenvalue weighted by atomic mass is 15.0. The number of para-hydroxylation sites is 2. The molecule has 10 aromatic rings. The molecule has 0 aliphatic rings. The van der Waals surface area contributed by atoms with E-state index in [4.69, 9.17) is 0 Å². The van der Waals surface area contributed by atoms with E-state index in [0.29, 0.717) is 0 Å². The van der Waals surface area contributed by atoms with Gasteiger partial charge in [0.2, 0.25) is 0 Å². The molecule has 0 aliphatic carbocycles. The zero-order valence-corrected chi connectivity index (χ0v) is 28.0. The van der Waals surface area contributed by atoms with Crippen LogP contribution in [0.25, 0.3) is 92.8 Å². The van der Waals surface area contributed by atoms with E-state index in [0.717, 1.165) is 0 Å². The Labute approximate surface area is 286 Å². The highest BCUT2D eigenvalue weighted by molar-refractivity contribution is 6.29. The zero-order valence-electron chi connectivity index (χ0n) is 28.0. The highest BCUT2D eigenvalue weighted by Gasteiger charge is 2.21. The van der Waals surface area contributed by atoms with Crippen LogP contribution in [-0.4, -0.2) is 4.57 Å². The van der Waals surface area contributed by atoms with Gasteiger partial charge in [-0.3, -0.25) is 0 Å². The Hall–Kier alpha value is -5.92. The molecule has 0 bridgehead atoms. The minimum atomic E-state index is 0.0664. The van der Waals surface area contributed by atoms with Gasteiger partial charge < -0.3 is 4.57 Å². The number of aromatic nitrogens is 1. The number of hydrogen-bond acceptors (Lipinski definition) is 0. The van der Waals surface area contributed by atoms with Crippen LogP contribution in [0.15, 0.2) is 158 Å². The van der Waals surface area contributed by atoms with Crippen LogP contribution in [0.5, 0.6) is 0 Å². The maximum atomic E-state index is 2.45. The standard InChI is InChI=1S/C48H35N/c1-48(2,3)34-26-32-22-24-40-42(31-14-10-15-35(28-31)49-44-20-8-6-17-38(44)39-18-7-9-21-45(39)49)29-43(41-25-23-33(27-34)46(32)47(40)41)37-19-11-13-30-12-4-5-16-36(30)37/h4-29H,1-3H3. The summed E-state index contributed by atoms with van der Waals surface area (Å²) in [6, 6.07) is 58.8. The number of benzene rings is 9. The van der Waals surface area contributed by atoms with E-state index in [9.17, 15) is 0 Å². The van der Waals surface area contributed by atoms with Gasteiger partial charge in [-0.2, -0.15) is 0 Å². The maximum absolute atomic E-state index is 2.45. The molecule has 0 fully saturated rings. The van der Waals surface area contributed by atoms with Gasteiger partial charge in [-0.05, 0) is 107 Å². The molecule has 0 saturated carbocycles. The predicted molar refractivity (Wildman–Crippen MR) is 212 cm³/mol. The van der Waals surface area contributed by atoms with Gasteiger partial charge in [0.25, 0.3) is 0 Å². The van der Waals surface area contributed by atoms with Gasteiger partial charge >= 0.3 is 0 Å². The van der Waals surface area contributed by atoms with Crippen LogP contribution >= 0.6 is 0 Å². The third-order valence-electron chi connectivity index (χ3n) is 10.7. The second-order valence-electron chi connectivity index (χ2n) is 14.6. The molecule has 0 unspecified atom stereocenters. The first kappa shape index (κ1) is 28.1. The Bertz CT molecular complexity index is 2840. The molecular weight excluding hydrogens is 591 g/mol. The van der Waals surface area contributed by atoms with Crippen molar-refractivity contribution in [3.05, 3.63) is 163 Å². The molecule has 0 saturated heterocycles. The third kappa shape index (κ3) is 4.19. The van der Waals surface area contributed by atoms with Gasteiger partial charge in [-0.15, -0.1) is 0 Å². The summed E-state index contributed by atoms with van der Waals surface area (Å²) >= 11 is 0. The van der Waals surface area contributed by atoms with Crippen LogP contribution in [0.2, 0.25) is 0 Å². The van der Waals surface area contributed by atoms with E-state index >= 15 is 0 Å². The minimum Gasteiger partial charge on any atom is -0.309 e. The maximum Gasteiger partial charge on any atom is 0.0541 e. The van der Waals surface area contributed by atoms with Crippen molar-refractivity contribution in [1.82, 2.24) is 4.57 Å². The van der Waals surface area contributed by atoms with E-state index < -0.39 is 0 Å². The number of fused-ring (bicyclic) bond motifs is 4. The first-order chi connectivity index (χ1) is 23.9. The second kappa shape index (κ2) is 10.3. The molecule has 9 aromatic carbocycles. The lowest BCUT2D eigenvalue weighted by molar-refractivity contribution is 0.591. The summed E-state index contributed by atoms with van der Waals surface area (Å²) in [4.78, 5) is 0. The van der Waals surface area contributed by atoms with Gasteiger partial charge in [0.05, 0.1) is 11.0 Å². The number of rotatable bonds is 3. The molecule has 1 heteroatoms. The Balaban J connectivity index is 1.31. The molecule has 0 radical (unpaired) electrons. The molecule has 1 nitrogen and oxygen atoms in total. The van der Waals surface area contributed by atoms with Crippen LogP contribution in [0.1, 0.15) is 26.3 Å². The molecule has 0 N–H and O–H groups in total. The van der Waals surface area contributed by atoms with Crippen molar-refractivity contribution in [3.8, 4) is 27.9 Å². The SMILES string of the molecule is CC(C)(C)c1cc2ccc3c(-c4cccc(-n5c6ccccc6c6ccccc65)c4)cc(-c4cccc5ccccc45)c4ccc(c1)c2c34.